The molecule has 14 nitrogen and oxygen atoms in total. The van der Waals surface area contributed by atoms with Crippen LogP contribution in [0.25, 0.3) is 22.5 Å². The van der Waals surface area contributed by atoms with E-state index in [1.54, 1.807) is 24.3 Å². The van der Waals surface area contributed by atoms with Crippen molar-refractivity contribution in [1.29, 1.82) is 0 Å². The van der Waals surface area contributed by atoms with E-state index in [4.69, 9.17) is 9.47 Å². The summed E-state index contributed by atoms with van der Waals surface area (Å²) in [6, 6.07) is 19.7. The fraction of sp³-hybridized carbons (Fsp3) is 0.479. The largest absolute Gasteiger partial charge is 0.460 e. The maximum atomic E-state index is 14.0. The topological polar surface area (TPSA) is 194 Å². The zero-order valence-corrected chi connectivity index (χ0v) is 37.6. The number of hydrogen-bond donors (Lipinski definition) is 5. The third kappa shape index (κ3) is 14.6. The number of nitrogens with zero attached hydrogens (tertiary/aromatic N) is 2. The zero-order valence-electron chi connectivity index (χ0n) is 37.6. The number of hydrogen-bond acceptors (Lipinski definition) is 9. The molecule has 1 aromatic heterocycles. The van der Waals surface area contributed by atoms with Crippen molar-refractivity contribution in [3.05, 3.63) is 89.2 Å². The minimum Gasteiger partial charge on any atom is -0.460 e. The lowest BCUT2D eigenvalue weighted by atomic mass is 9.81. The van der Waals surface area contributed by atoms with Gasteiger partial charge in [0.1, 0.15) is 23.1 Å². The molecule has 5 N–H and O–H groups in total. The van der Waals surface area contributed by atoms with E-state index >= 15 is 0 Å². The third-order valence-electron chi connectivity index (χ3n) is 10.3. The van der Waals surface area contributed by atoms with E-state index in [-0.39, 0.29) is 54.4 Å². The summed E-state index contributed by atoms with van der Waals surface area (Å²) in [5, 5.41) is 19.0. The van der Waals surface area contributed by atoms with Crippen LogP contribution in [0.1, 0.15) is 115 Å². The van der Waals surface area contributed by atoms with Crippen molar-refractivity contribution in [3.8, 4) is 22.5 Å². The van der Waals surface area contributed by atoms with Crippen LogP contribution in [0.2, 0.25) is 0 Å². The Balaban J connectivity index is 1.26. The first kappa shape index (κ1) is 47.0. The standard InChI is InChI=1S/C48H63N7O7/c1-29(2)50-44(58)36-15-10-30(3)38(27-36)33-16-11-31(12-17-33)26-39(52-43(57)35-18-13-32(14-19-35)28-49-46(60)62-48(7,8)9)45(59)51-37-22-20-34(21-23-37)42-53-40(54-55-42)24-25-41(56)61-47(4,5)6/h10-12,15-17,20-23,27,29,32,35,39H,13-14,18-19,24-26,28H2,1-9H3,(H,49,60)(H,50,58)(H,51,59)(H,52,57)(H,53,54,55). The van der Waals surface area contributed by atoms with Crippen LogP contribution in [0.5, 0.6) is 0 Å². The molecule has 1 saturated carbocycles. The van der Waals surface area contributed by atoms with Crippen molar-refractivity contribution in [2.24, 2.45) is 11.8 Å². The number of esters is 1. The van der Waals surface area contributed by atoms with E-state index in [0.29, 0.717) is 54.3 Å². The number of benzene rings is 3. The normalized spacial score (nSPS) is 15.9. The van der Waals surface area contributed by atoms with E-state index in [0.717, 1.165) is 35.1 Å². The van der Waals surface area contributed by atoms with Crippen LogP contribution in [0.15, 0.2) is 66.7 Å². The Labute approximate surface area is 365 Å². The Bertz CT molecular complexity index is 2180. The van der Waals surface area contributed by atoms with E-state index < -0.39 is 23.3 Å². The van der Waals surface area contributed by atoms with Crippen molar-refractivity contribution >= 4 is 35.5 Å². The van der Waals surface area contributed by atoms with Crippen LogP contribution < -0.4 is 21.3 Å². The predicted molar refractivity (Wildman–Crippen MR) is 239 cm³/mol. The van der Waals surface area contributed by atoms with Gasteiger partial charge in [-0.25, -0.2) is 9.78 Å². The van der Waals surface area contributed by atoms with Gasteiger partial charge in [0.05, 0.1) is 6.42 Å². The highest BCUT2D eigenvalue weighted by molar-refractivity contribution is 5.98. The fourth-order valence-corrected chi connectivity index (χ4v) is 7.23. The lowest BCUT2D eigenvalue weighted by Crippen LogP contribution is -2.48. The average Bonchev–Trinajstić information content (AvgIpc) is 3.67. The summed E-state index contributed by atoms with van der Waals surface area (Å²) in [6.07, 6.45) is 3.09. The van der Waals surface area contributed by atoms with Crippen LogP contribution in [-0.4, -0.2) is 74.8 Å². The van der Waals surface area contributed by atoms with Gasteiger partial charge in [0.15, 0.2) is 5.82 Å². The first-order valence-electron chi connectivity index (χ1n) is 21.5. The summed E-state index contributed by atoms with van der Waals surface area (Å²) in [4.78, 5) is 69.5. The molecule has 1 atom stereocenters. The summed E-state index contributed by atoms with van der Waals surface area (Å²) < 4.78 is 10.8. The van der Waals surface area contributed by atoms with E-state index in [1.165, 1.54) is 0 Å². The van der Waals surface area contributed by atoms with Gasteiger partial charge in [-0.3, -0.25) is 24.3 Å². The van der Waals surface area contributed by atoms with Crippen LogP contribution in [-0.2, 0) is 36.7 Å². The number of nitrogens with one attached hydrogen (secondary N) is 5. The van der Waals surface area contributed by atoms with Crippen molar-refractivity contribution in [2.45, 2.75) is 131 Å². The summed E-state index contributed by atoms with van der Waals surface area (Å²) in [5.41, 5.74) is 4.39. The molecule has 0 bridgehead atoms. The van der Waals surface area contributed by atoms with Gasteiger partial charge in [0.25, 0.3) is 5.91 Å². The number of ether oxygens (including phenoxy) is 2. The lowest BCUT2D eigenvalue weighted by molar-refractivity contribution is -0.154. The van der Waals surface area contributed by atoms with Gasteiger partial charge in [-0.05, 0) is 153 Å². The highest BCUT2D eigenvalue weighted by Crippen LogP contribution is 2.30. The molecule has 0 aliphatic heterocycles. The number of aromatic nitrogens is 3. The van der Waals surface area contributed by atoms with Crippen LogP contribution in [0.3, 0.4) is 0 Å². The summed E-state index contributed by atoms with van der Waals surface area (Å²) in [6.45, 7) is 17.2. The van der Waals surface area contributed by atoms with Crippen molar-refractivity contribution in [3.63, 3.8) is 0 Å². The molecule has 332 valence electrons. The number of alkyl carbamates (subject to hydrolysis) is 1. The fourth-order valence-electron chi connectivity index (χ4n) is 7.23. The quantitative estimate of drug-likeness (QED) is 0.0741. The Kier molecular flexibility index (Phi) is 15.7. The second-order valence-corrected chi connectivity index (χ2v) is 18.5. The highest BCUT2D eigenvalue weighted by atomic mass is 16.6. The van der Waals surface area contributed by atoms with Gasteiger partial charge >= 0.3 is 12.1 Å². The molecular weight excluding hydrogens is 787 g/mol. The van der Waals surface area contributed by atoms with Crippen LogP contribution in [0.4, 0.5) is 10.5 Å². The molecule has 0 spiro atoms. The van der Waals surface area contributed by atoms with Gasteiger partial charge in [-0.1, -0.05) is 30.3 Å². The number of amides is 4. The second-order valence-electron chi connectivity index (χ2n) is 18.5. The van der Waals surface area contributed by atoms with E-state index in [9.17, 15) is 24.0 Å². The predicted octanol–water partition coefficient (Wildman–Crippen LogP) is 7.86. The number of rotatable bonds is 15. The van der Waals surface area contributed by atoms with Gasteiger partial charge in [0.2, 0.25) is 11.8 Å². The summed E-state index contributed by atoms with van der Waals surface area (Å²) >= 11 is 0. The first-order chi connectivity index (χ1) is 29.2. The Morgan fingerprint density at radius 1 is 0.806 bits per heavy atom. The number of aryl methyl sites for hydroxylation is 2. The van der Waals surface area contributed by atoms with Crippen molar-refractivity contribution in [1.82, 2.24) is 31.1 Å². The molecule has 1 heterocycles. The van der Waals surface area contributed by atoms with Crippen LogP contribution >= 0.6 is 0 Å². The summed E-state index contributed by atoms with van der Waals surface area (Å²) in [5.74, 6) is -0.0522. The highest BCUT2D eigenvalue weighted by Gasteiger charge is 2.30. The molecule has 14 heteroatoms. The van der Waals surface area contributed by atoms with Crippen LogP contribution in [0, 0.1) is 18.8 Å². The Morgan fingerprint density at radius 3 is 2.08 bits per heavy atom. The molecule has 0 saturated heterocycles. The van der Waals surface area contributed by atoms with Gasteiger partial charge in [-0.15, -0.1) is 0 Å². The molecule has 4 amide bonds. The summed E-state index contributed by atoms with van der Waals surface area (Å²) in [7, 11) is 0. The first-order valence-corrected chi connectivity index (χ1v) is 21.5. The SMILES string of the molecule is Cc1ccc(C(=O)NC(C)C)cc1-c1ccc(CC(NC(=O)C2CCC(CNC(=O)OC(C)(C)C)CC2)C(=O)Nc2ccc(-c3n[nH]c(CCC(=O)OC(C)(C)C)n3)cc2)cc1. The van der Waals surface area contributed by atoms with Gasteiger partial charge in [-0.2, -0.15) is 5.10 Å². The average molecular weight is 850 g/mol. The molecule has 5 rings (SSSR count). The molecule has 0 radical (unpaired) electrons. The Hall–Kier alpha value is -6.05. The lowest BCUT2D eigenvalue weighted by Gasteiger charge is -2.29. The molecular formula is C48H63N7O7. The molecule has 1 aliphatic rings. The third-order valence-corrected chi connectivity index (χ3v) is 10.3. The molecule has 62 heavy (non-hydrogen) atoms. The number of aromatic amines is 1. The number of carbonyl (C=O) groups is 5. The molecule has 1 unspecified atom stereocenters. The minimum absolute atomic E-state index is 0.0111. The number of H-pyrrole nitrogens is 1. The smallest absolute Gasteiger partial charge is 0.407 e. The molecule has 4 aromatic rings. The van der Waals surface area contributed by atoms with Gasteiger partial charge in [0, 0.05) is 48.2 Å². The molecule has 1 aliphatic carbocycles. The maximum Gasteiger partial charge on any atom is 0.407 e. The molecule has 3 aromatic carbocycles. The number of anilines is 1. The van der Waals surface area contributed by atoms with Gasteiger partial charge < -0.3 is 30.7 Å². The molecule has 1 fully saturated rings. The van der Waals surface area contributed by atoms with Crippen molar-refractivity contribution < 1.29 is 33.4 Å². The Morgan fingerprint density at radius 2 is 1.45 bits per heavy atom. The zero-order chi connectivity index (χ0) is 45.2. The van der Waals surface area contributed by atoms with E-state index in [1.807, 2.05) is 105 Å². The van der Waals surface area contributed by atoms with Crippen molar-refractivity contribution in [2.75, 3.05) is 11.9 Å². The minimum atomic E-state index is -0.884. The number of carbonyl (C=O) groups excluding carboxylic acids is 5. The monoisotopic (exact) mass is 849 g/mol. The van der Waals surface area contributed by atoms with E-state index in [2.05, 4.69) is 36.4 Å². The maximum absolute atomic E-state index is 14.0. The second kappa shape index (κ2) is 20.7.